The zero-order chi connectivity index (χ0) is 12.4. The molecular weight excluding hydrogens is 219 g/mol. The van der Waals surface area contributed by atoms with Gasteiger partial charge in [0.05, 0.1) is 30.4 Å². The van der Waals surface area contributed by atoms with E-state index in [-0.39, 0.29) is 5.75 Å². The Morgan fingerprint density at radius 3 is 2.59 bits per heavy atom. The fourth-order valence-corrected chi connectivity index (χ4v) is 1.54. The highest BCUT2D eigenvalue weighted by Crippen LogP contribution is 2.27. The summed E-state index contributed by atoms with van der Waals surface area (Å²) in [5, 5.41) is 0. The van der Waals surface area contributed by atoms with Crippen LogP contribution in [0.15, 0.2) is 24.4 Å². The van der Waals surface area contributed by atoms with Crippen molar-refractivity contribution in [2.75, 3.05) is 7.11 Å². The molecule has 2 rings (SSSR count). The molecule has 0 radical (unpaired) electrons. The lowest BCUT2D eigenvalue weighted by Crippen LogP contribution is -1.97. The summed E-state index contributed by atoms with van der Waals surface area (Å²) >= 11 is 0. The van der Waals surface area contributed by atoms with Crippen molar-refractivity contribution in [3.8, 4) is 17.0 Å². The summed E-state index contributed by atoms with van der Waals surface area (Å²) in [5.74, 6) is -0.199. The van der Waals surface area contributed by atoms with Crippen LogP contribution in [0, 0.1) is 19.7 Å². The molecule has 0 fully saturated rings. The number of halogens is 1. The first-order valence-electron chi connectivity index (χ1n) is 5.26. The Morgan fingerprint density at radius 1 is 1.18 bits per heavy atom. The van der Waals surface area contributed by atoms with Crippen molar-refractivity contribution < 1.29 is 9.13 Å². The molecule has 1 heterocycles. The van der Waals surface area contributed by atoms with E-state index in [4.69, 9.17) is 4.74 Å². The van der Waals surface area contributed by atoms with Gasteiger partial charge in [-0.25, -0.2) is 9.37 Å². The Kier molecular flexibility index (Phi) is 3.04. The summed E-state index contributed by atoms with van der Waals surface area (Å²) in [7, 11) is 1.44. The molecular formula is C13H13FN2O. The molecule has 1 aromatic carbocycles. The summed E-state index contributed by atoms with van der Waals surface area (Å²) < 4.78 is 18.9. The first-order valence-corrected chi connectivity index (χ1v) is 5.26. The van der Waals surface area contributed by atoms with Crippen molar-refractivity contribution in [1.82, 2.24) is 9.97 Å². The van der Waals surface area contributed by atoms with E-state index < -0.39 is 5.82 Å². The smallest absolute Gasteiger partial charge is 0.174 e. The van der Waals surface area contributed by atoms with E-state index in [1.54, 1.807) is 24.4 Å². The Hall–Kier alpha value is -1.97. The first-order chi connectivity index (χ1) is 8.13. The normalized spacial score (nSPS) is 10.4. The average Bonchev–Trinajstić information content (AvgIpc) is 2.33. The first kappa shape index (κ1) is 11.5. The lowest BCUT2D eigenvalue weighted by molar-refractivity contribution is 0.387. The van der Waals surface area contributed by atoms with Gasteiger partial charge in [0.1, 0.15) is 0 Å². The second kappa shape index (κ2) is 4.49. The molecule has 0 aliphatic carbocycles. The van der Waals surface area contributed by atoms with E-state index in [2.05, 4.69) is 9.97 Å². The van der Waals surface area contributed by atoms with Gasteiger partial charge in [-0.15, -0.1) is 0 Å². The van der Waals surface area contributed by atoms with Gasteiger partial charge < -0.3 is 4.74 Å². The quantitative estimate of drug-likeness (QED) is 0.798. The minimum Gasteiger partial charge on any atom is -0.494 e. The van der Waals surface area contributed by atoms with Crippen LogP contribution < -0.4 is 4.74 Å². The SMILES string of the molecule is COc1cccc(-c2cnc(C)c(C)n2)c1F. The molecule has 0 spiro atoms. The number of hydrogen-bond acceptors (Lipinski definition) is 3. The predicted octanol–water partition coefficient (Wildman–Crippen LogP) is 2.91. The molecule has 0 saturated carbocycles. The highest BCUT2D eigenvalue weighted by Gasteiger charge is 2.12. The van der Waals surface area contributed by atoms with Crippen molar-refractivity contribution in [3.05, 3.63) is 41.6 Å². The highest BCUT2D eigenvalue weighted by molar-refractivity contribution is 5.61. The number of rotatable bonds is 2. The predicted molar refractivity (Wildman–Crippen MR) is 63.5 cm³/mol. The van der Waals surface area contributed by atoms with Crippen molar-refractivity contribution in [1.29, 1.82) is 0 Å². The monoisotopic (exact) mass is 232 g/mol. The van der Waals surface area contributed by atoms with Crippen molar-refractivity contribution in [2.45, 2.75) is 13.8 Å². The maximum absolute atomic E-state index is 14.0. The standard InChI is InChI=1S/C13H13FN2O/c1-8-9(2)16-11(7-15-8)10-5-4-6-12(17-3)13(10)14/h4-7H,1-3H3. The maximum Gasteiger partial charge on any atom is 0.174 e. The van der Waals surface area contributed by atoms with Crippen LogP contribution in [0.4, 0.5) is 4.39 Å². The van der Waals surface area contributed by atoms with Gasteiger partial charge in [-0.2, -0.15) is 0 Å². The molecule has 0 atom stereocenters. The molecule has 0 unspecified atom stereocenters. The second-order valence-electron chi connectivity index (χ2n) is 3.75. The van der Waals surface area contributed by atoms with Gasteiger partial charge in [-0.1, -0.05) is 6.07 Å². The van der Waals surface area contributed by atoms with E-state index >= 15 is 0 Å². The Morgan fingerprint density at radius 2 is 1.94 bits per heavy atom. The number of aromatic nitrogens is 2. The fourth-order valence-electron chi connectivity index (χ4n) is 1.54. The van der Waals surface area contributed by atoms with Crippen molar-refractivity contribution >= 4 is 0 Å². The largest absolute Gasteiger partial charge is 0.494 e. The third-order valence-corrected chi connectivity index (χ3v) is 2.65. The van der Waals surface area contributed by atoms with Gasteiger partial charge in [0.25, 0.3) is 0 Å². The minimum atomic E-state index is -0.410. The maximum atomic E-state index is 14.0. The van der Waals surface area contributed by atoms with Gasteiger partial charge in [0, 0.05) is 5.56 Å². The number of hydrogen-bond donors (Lipinski definition) is 0. The molecule has 0 amide bonds. The van der Waals surface area contributed by atoms with E-state index in [0.29, 0.717) is 11.3 Å². The zero-order valence-corrected chi connectivity index (χ0v) is 9.99. The van der Waals surface area contributed by atoms with Gasteiger partial charge in [-0.3, -0.25) is 4.98 Å². The van der Waals surface area contributed by atoms with E-state index in [1.165, 1.54) is 7.11 Å². The third-order valence-electron chi connectivity index (χ3n) is 2.65. The topological polar surface area (TPSA) is 35.0 Å². The van der Waals surface area contributed by atoms with E-state index in [9.17, 15) is 4.39 Å². The zero-order valence-electron chi connectivity index (χ0n) is 9.99. The van der Waals surface area contributed by atoms with Crippen LogP contribution in [0.5, 0.6) is 5.75 Å². The molecule has 17 heavy (non-hydrogen) atoms. The van der Waals surface area contributed by atoms with Crippen LogP contribution in [-0.4, -0.2) is 17.1 Å². The lowest BCUT2D eigenvalue weighted by Gasteiger charge is -2.07. The van der Waals surface area contributed by atoms with Crippen molar-refractivity contribution in [2.24, 2.45) is 0 Å². The molecule has 1 aromatic heterocycles. The molecule has 4 heteroatoms. The summed E-state index contributed by atoms with van der Waals surface area (Å²) in [6.45, 7) is 3.72. The van der Waals surface area contributed by atoms with Crippen LogP contribution in [0.25, 0.3) is 11.3 Å². The number of ether oxygens (including phenoxy) is 1. The van der Waals surface area contributed by atoms with Crippen LogP contribution in [-0.2, 0) is 0 Å². The molecule has 3 nitrogen and oxygen atoms in total. The summed E-state index contributed by atoms with van der Waals surface area (Å²) in [6.07, 6.45) is 1.57. The van der Waals surface area contributed by atoms with Crippen LogP contribution >= 0.6 is 0 Å². The number of aryl methyl sites for hydroxylation is 2. The van der Waals surface area contributed by atoms with Crippen molar-refractivity contribution in [3.63, 3.8) is 0 Å². The van der Waals surface area contributed by atoms with Gasteiger partial charge in [-0.05, 0) is 26.0 Å². The molecule has 0 bridgehead atoms. The van der Waals surface area contributed by atoms with Gasteiger partial charge >= 0.3 is 0 Å². The Balaban J connectivity index is 2.56. The lowest BCUT2D eigenvalue weighted by atomic mass is 10.1. The van der Waals surface area contributed by atoms with E-state index in [0.717, 1.165) is 11.4 Å². The van der Waals surface area contributed by atoms with Crippen LogP contribution in [0.1, 0.15) is 11.4 Å². The molecule has 0 aliphatic heterocycles. The molecule has 0 N–H and O–H groups in total. The Bertz CT molecular complexity index is 555. The Labute approximate surface area is 99.3 Å². The van der Waals surface area contributed by atoms with Crippen LogP contribution in [0.2, 0.25) is 0 Å². The summed E-state index contributed by atoms with van der Waals surface area (Å²) in [4.78, 5) is 8.50. The summed E-state index contributed by atoms with van der Waals surface area (Å²) in [6, 6.07) is 4.97. The number of nitrogens with zero attached hydrogens (tertiary/aromatic N) is 2. The molecule has 2 aromatic rings. The highest BCUT2D eigenvalue weighted by atomic mass is 19.1. The van der Waals surface area contributed by atoms with Crippen LogP contribution in [0.3, 0.4) is 0 Å². The molecule has 0 saturated heterocycles. The minimum absolute atomic E-state index is 0.211. The third kappa shape index (κ3) is 2.11. The van der Waals surface area contributed by atoms with Gasteiger partial charge in [0.15, 0.2) is 11.6 Å². The average molecular weight is 232 g/mol. The van der Waals surface area contributed by atoms with E-state index in [1.807, 2.05) is 13.8 Å². The number of methoxy groups -OCH3 is 1. The fraction of sp³-hybridized carbons (Fsp3) is 0.231. The molecule has 0 aliphatic rings. The number of benzene rings is 1. The molecule has 88 valence electrons. The van der Waals surface area contributed by atoms with Gasteiger partial charge in [0.2, 0.25) is 0 Å². The second-order valence-corrected chi connectivity index (χ2v) is 3.75. The summed E-state index contributed by atoms with van der Waals surface area (Å²) in [5.41, 5.74) is 2.56.